The quantitative estimate of drug-likeness (QED) is 0.925. The molecule has 0 bridgehead atoms. The number of hydrogen-bond donors (Lipinski definition) is 1. The van der Waals surface area contributed by atoms with E-state index in [0.717, 1.165) is 6.07 Å². The molecule has 1 amide bonds. The summed E-state index contributed by atoms with van der Waals surface area (Å²) < 4.78 is 18.3. The van der Waals surface area contributed by atoms with Crippen LogP contribution in [0.15, 0.2) is 18.2 Å². The van der Waals surface area contributed by atoms with Crippen LogP contribution in [0.25, 0.3) is 0 Å². The number of carboxylic acid groups (broad SMARTS) is 1. The molecule has 5 nitrogen and oxygen atoms in total. The molecule has 1 N–H and O–H groups in total. The summed E-state index contributed by atoms with van der Waals surface area (Å²) in [6, 6.07) is 3.83. The Morgan fingerprint density at radius 3 is 2.90 bits per heavy atom. The minimum atomic E-state index is -0.890. The SMILES string of the molecule is O=C(O)[C@H]1CCCN(C(=O)COc2ccc(F)c(Cl)c2)C1. The van der Waals surface area contributed by atoms with Gasteiger partial charge in [-0.15, -0.1) is 0 Å². The Morgan fingerprint density at radius 2 is 2.24 bits per heavy atom. The fraction of sp³-hybridized carbons (Fsp3) is 0.429. The number of carboxylic acids is 1. The van der Waals surface area contributed by atoms with Crippen LogP contribution in [-0.4, -0.2) is 41.6 Å². The molecule has 1 aliphatic heterocycles. The minimum absolute atomic E-state index is 0.0798. The summed E-state index contributed by atoms with van der Waals surface area (Å²) in [6.07, 6.45) is 1.23. The van der Waals surface area contributed by atoms with Crippen molar-refractivity contribution < 1.29 is 23.8 Å². The molecule has 1 aromatic rings. The second-order valence-corrected chi connectivity index (χ2v) is 5.29. The van der Waals surface area contributed by atoms with Gasteiger partial charge in [-0.2, -0.15) is 0 Å². The predicted octanol–water partition coefficient (Wildman–Crippen LogP) is 2.18. The van der Waals surface area contributed by atoms with Crippen molar-refractivity contribution in [3.63, 3.8) is 0 Å². The molecular weight excluding hydrogens is 301 g/mol. The molecule has 1 heterocycles. The van der Waals surface area contributed by atoms with Crippen molar-refractivity contribution in [2.24, 2.45) is 5.92 Å². The van der Waals surface area contributed by atoms with E-state index in [1.165, 1.54) is 17.0 Å². The second-order valence-electron chi connectivity index (χ2n) is 4.88. The van der Waals surface area contributed by atoms with Gasteiger partial charge in [-0.25, -0.2) is 4.39 Å². The Kier molecular flexibility index (Phi) is 5.01. The van der Waals surface area contributed by atoms with E-state index in [1.54, 1.807) is 0 Å². The molecule has 114 valence electrons. The molecule has 1 aliphatic rings. The van der Waals surface area contributed by atoms with Crippen molar-refractivity contribution in [2.45, 2.75) is 12.8 Å². The van der Waals surface area contributed by atoms with Gasteiger partial charge in [-0.3, -0.25) is 9.59 Å². The average molecular weight is 316 g/mol. The van der Waals surface area contributed by atoms with Crippen molar-refractivity contribution in [3.8, 4) is 5.75 Å². The molecule has 7 heteroatoms. The molecule has 0 aliphatic carbocycles. The number of hydrogen-bond acceptors (Lipinski definition) is 3. The number of amides is 1. The average Bonchev–Trinajstić information content (AvgIpc) is 2.48. The smallest absolute Gasteiger partial charge is 0.308 e. The van der Waals surface area contributed by atoms with Crippen LogP contribution in [-0.2, 0) is 9.59 Å². The molecule has 1 saturated heterocycles. The number of halogens is 2. The van der Waals surface area contributed by atoms with Gasteiger partial charge in [0, 0.05) is 19.2 Å². The van der Waals surface area contributed by atoms with Crippen molar-refractivity contribution in [2.75, 3.05) is 19.7 Å². The summed E-state index contributed by atoms with van der Waals surface area (Å²) >= 11 is 5.62. The number of carbonyl (C=O) groups excluding carboxylic acids is 1. The summed E-state index contributed by atoms with van der Waals surface area (Å²) in [7, 11) is 0. The number of likely N-dealkylation sites (tertiary alicyclic amines) is 1. The topological polar surface area (TPSA) is 66.8 Å². The fourth-order valence-electron chi connectivity index (χ4n) is 2.21. The van der Waals surface area contributed by atoms with Crippen LogP contribution < -0.4 is 4.74 Å². The monoisotopic (exact) mass is 315 g/mol. The number of ether oxygens (including phenoxy) is 1. The van der Waals surface area contributed by atoms with Gasteiger partial charge in [0.1, 0.15) is 11.6 Å². The van der Waals surface area contributed by atoms with Gasteiger partial charge in [0.25, 0.3) is 5.91 Å². The number of carbonyl (C=O) groups is 2. The molecule has 0 aromatic heterocycles. The fourth-order valence-corrected chi connectivity index (χ4v) is 2.38. The van der Waals surface area contributed by atoms with E-state index in [4.69, 9.17) is 21.4 Å². The first-order valence-electron chi connectivity index (χ1n) is 6.56. The second kappa shape index (κ2) is 6.76. The first-order chi connectivity index (χ1) is 9.97. The molecule has 0 unspecified atom stereocenters. The Labute approximate surface area is 126 Å². The van der Waals surface area contributed by atoms with E-state index in [9.17, 15) is 14.0 Å². The van der Waals surface area contributed by atoms with E-state index in [-0.39, 0.29) is 24.1 Å². The Bertz CT molecular complexity index is 552. The van der Waals surface area contributed by atoms with Crippen LogP contribution in [0.4, 0.5) is 4.39 Å². The highest BCUT2D eigenvalue weighted by Gasteiger charge is 2.28. The summed E-state index contributed by atoms with van der Waals surface area (Å²) in [6.45, 7) is 0.492. The van der Waals surface area contributed by atoms with E-state index in [0.29, 0.717) is 25.1 Å². The molecule has 0 spiro atoms. The first kappa shape index (κ1) is 15.6. The highest BCUT2D eigenvalue weighted by molar-refractivity contribution is 6.30. The van der Waals surface area contributed by atoms with Crippen LogP contribution in [0.5, 0.6) is 5.75 Å². The highest BCUT2D eigenvalue weighted by Crippen LogP contribution is 2.21. The zero-order valence-corrected chi connectivity index (χ0v) is 12.0. The highest BCUT2D eigenvalue weighted by atomic mass is 35.5. The van der Waals surface area contributed by atoms with Gasteiger partial charge in [-0.05, 0) is 25.0 Å². The van der Waals surface area contributed by atoms with Gasteiger partial charge >= 0.3 is 5.97 Å². The Hall–Kier alpha value is -1.82. The minimum Gasteiger partial charge on any atom is -0.484 e. The maximum absolute atomic E-state index is 13.0. The summed E-state index contributed by atoms with van der Waals surface area (Å²) in [5, 5.41) is 8.90. The molecule has 21 heavy (non-hydrogen) atoms. The number of aliphatic carboxylic acids is 1. The molecular formula is C14H15ClFNO4. The molecule has 1 atom stereocenters. The predicted molar refractivity (Wildman–Crippen MR) is 73.8 cm³/mol. The van der Waals surface area contributed by atoms with Crippen molar-refractivity contribution in [1.82, 2.24) is 4.90 Å². The van der Waals surface area contributed by atoms with E-state index >= 15 is 0 Å². The molecule has 1 aromatic carbocycles. The lowest BCUT2D eigenvalue weighted by Gasteiger charge is -2.30. The Morgan fingerprint density at radius 1 is 1.48 bits per heavy atom. The first-order valence-corrected chi connectivity index (χ1v) is 6.93. The number of nitrogens with zero attached hydrogens (tertiary/aromatic N) is 1. The zero-order valence-electron chi connectivity index (χ0n) is 11.2. The van der Waals surface area contributed by atoms with Crippen molar-refractivity contribution in [1.29, 1.82) is 0 Å². The lowest BCUT2D eigenvalue weighted by atomic mass is 9.98. The standard InChI is InChI=1S/C14H15ClFNO4/c15-11-6-10(3-4-12(11)16)21-8-13(18)17-5-1-2-9(7-17)14(19)20/h3-4,6,9H,1-2,5,7-8H2,(H,19,20)/t9-/m0/s1. The van der Waals surface area contributed by atoms with Crippen LogP contribution >= 0.6 is 11.6 Å². The lowest BCUT2D eigenvalue weighted by Crippen LogP contribution is -2.44. The third kappa shape index (κ3) is 4.07. The van der Waals surface area contributed by atoms with Crippen LogP contribution in [0.3, 0.4) is 0 Å². The van der Waals surface area contributed by atoms with Crippen molar-refractivity contribution >= 4 is 23.5 Å². The van der Waals surface area contributed by atoms with Crippen LogP contribution in [0.2, 0.25) is 5.02 Å². The van der Waals surface area contributed by atoms with Crippen LogP contribution in [0.1, 0.15) is 12.8 Å². The number of benzene rings is 1. The molecule has 2 rings (SSSR count). The summed E-state index contributed by atoms with van der Waals surface area (Å²) in [5.41, 5.74) is 0. The molecule has 0 saturated carbocycles. The van der Waals surface area contributed by atoms with E-state index in [1.807, 2.05) is 0 Å². The van der Waals surface area contributed by atoms with Gasteiger partial charge in [0.2, 0.25) is 0 Å². The normalized spacial score (nSPS) is 18.4. The summed E-state index contributed by atoms with van der Waals surface area (Å²) in [4.78, 5) is 24.4. The number of piperidine rings is 1. The maximum atomic E-state index is 13.0. The van der Waals surface area contributed by atoms with Gasteiger partial charge < -0.3 is 14.7 Å². The van der Waals surface area contributed by atoms with Gasteiger partial charge in [-0.1, -0.05) is 11.6 Å². The van der Waals surface area contributed by atoms with Crippen molar-refractivity contribution in [3.05, 3.63) is 29.0 Å². The van der Waals surface area contributed by atoms with Crippen LogP contribution in [0, 0.1) is 11.7 Å². The zero-order chi connectivity index (χ0) is 15.4. The maximum Gasteiger partial charge on any atom is 0.308 e. The summed E-state index contributed by atoms with van der Waals surface area (Å²) in [5.74, 6) is -1.97. The third-order valence-electron chi connectivity index (χ3n) is 3.38. The van der Waals surface area contributed by atoms with E-state index in [2.05, 4.69) is 0 Å². The lowest BCUT2D eigenvalue weighted by molar-refractivity contribution is -0.146. The number of rotatable bonds is 4. The molecule has 1 fully saturated rings. The van der Waals surface area contributed by atoms with Gasteiger partial charge in [0.15, 0.2) is 6.61 Å². The molecule has 0 radical (unpaired) electrons. The third-order valence-corrected chi connectivity index (χ3v) is 3.67. The largest absolute Gasteiger partial charge is 0.484 e. The Balaban J connectivity index is 1.89. The van der Waals surface area contributed by atoms with Gasteiger partial charge in [0.05, 0.1) is 10.9 Å². The van der Waals surface area contributed by atoms with E-state index < -0.39 is 17.7 Å².